The summed E-state index contributed by atoms with van der Waals surface area (Å²) >= 11 is 16.6. The maximum absolute atomic E-state index is 11.9. The van der Waals surface area contributed by atoms with E-state index in [2.05, 4.69) is 53.1 Å². The lowest BCUT2D eigenvalue weighted by Crippen LogP contribution is -2.17. The Kier molecular flexibility index (Phi) is 5.82. The highest BCUT2D eigenvalue weighted by atomic mass is 79.9. The van der Waals surface area contributed by atoms with E-state index in [0.29, 0.717) is 20.7 Å². The lowest BCUT2D eigenvalue weighted by Gasteiger charge is -2.11. The largest absolute Gasteiger partial charge is 0.456 e. The van der Waals surface area contributed by atoms with Crippen LogP contribution in [0.25, 0.3) is 6.08 Å². The molecule has 0 bridgehead atoms. The Hall–Kier alpha value is -0.670. The summed E-state index contributed by atoms with van der Waals surface area (Å²) in [5, 5.41) is 2.61. The first-order valence-corrected chi connectivity index (χ1v) is 10.2. The molecule has 8 heteroatoms. The first kappa shape index (κ1) is 18.1. The summed E-state index contributed by atoms with van der Waals surface area (Å²) in [4.78, 5) is 12.4. The van der Waals surface area contributed by atoms with Gasteiger partial charge in [0.05, 0.1) is 9.38 Å². The molecule has 1 aliphatic rings. The average molecular weight is 550 g/mol. The zero-order valence-electron chi connectivity index (χ0n) is 11.8. The number of nitrogens with one attached hydrogen (secondary N) is 1. The van der Waals surface area contributed by atoms with Gasteiger partial charge >= 0.3 is 0 Å². The third-order valence-electron chi connectivity index (χ3n) is 3.01. The van der Waals surface area contributed by atoms with Crippen LogP contribution in [0.1, 0.15) is 5.56 Å². The number of hydrogen-bond donors (Lipinski definition) is 1. The highest BCUT2D eigenvalue weighted by Crippen LogP contribution is 2.36. The maximum Gasteiger partial charge on any atom is 0.263 e. The van der Waals surface area contributed by atoms with Gasteiger partial charge in [0.1, 0.15) is 15.8 Å². The molecule has 122 valence electrons. The van der Waals surface area contributed by atoms with Crippen molar-refractivity contribution in [1.29, 1.82) is 0 Å². The molecule has 2 aromatic carbocycles. The Balaban J connectivity index is 1.98. The predicted molar refractivity (Wildman–Crippen MR) is 112 cm³/mol. The molecule has 0 radical (unpaired) electrons. The Morgan fingerprint density at radius 1 is 1.04 bits per heavy atom. The van der Waals surface area contributed by atoms with Crippen LogP contribution in [0.5, 0.6) is 11.5 Å². The summed E-state index contributed by atoms with van der Waals surface area (Å²) in [6.07, 6.45) is 1.77. The molecule has 0 unspecified atom stereocenters. The highest BCUT2D eigenvalue weighted by Gasteiger charge is 2.22. The number of halogens is 3. The van der Waals surface area contributed by atoms with Crippen molar-refractivity contribution in [3.05, 3.63) is 60.3 Å². The minimum absolute atomic E-state index is 0.194. The summed E-state index contributed by atoms with van der Waals surface area (Å²) < 4.78 is 9.14. The normalized spacial score (nSPS) is 15.7. The van der Waals surface area contributed by atoms with E-state index >= 15 is 0 Å². The van der Waals surface area contributed by atoms with Gasteiger partial charge in [-0.3, -0.25) is 4.79 Å². The van der Waals surface area contributed by atoms with Gasteiger partial charge in [0.15, 0.2) is 0 Å². The van der Waals surface area contributed by atoms with Gasteiger partial charge in [-0.15, -0.1) is 0 Å². The second kappa shape index (κ2) is 7.70. The third kappa shape index (κ3) is 4.29. The van der Waals surface area contributed by atoms with Crippen LogP contribution in [0.2, 0.25) is 0 Å². The van der Waals surface area contributed by atoms with Crippen LogP contribution < -0.4 is 10.1 Å². The number of thioether (sulfide) groups is 1. The zero-order chi connectivity index (χ0) is 17.3. The van der Waals surface area contributed by atoms with Gasteiger partial charge in [0, 0.05) is 14.5 Å². The van der Waals surface area contributed by atoms with Crippen molar-refractivity contribution in [2.45, 2.75) is 0 Å². The van der Waals surface area contributed by atoms with Crippen LogP contribution in [0, 0.1) is 0 Å². The average Bonchev–Trinajstić information content (AvgIpc) is 2.82. The summed E-state index contributed by atoms with van der Waals surface area (Å²) in [6.45, 7) is 0. The molecule has 3 nitrogen and oxygen atoms in total. The SMILES string of the molecule is O=C1NC(=S)SC1=Cc1cc(Br)ccc1Oc1ccc(Br)cc1Br. The molecule has 1 aliphatic heterocycles. The van der Waals surface area contributed by atoms with E-state index in [1.807, 2.05) is 36.4 Å². The van der Waals surface area contributed by atoms with Crippen molar-refractivity contribution < 1.29 is 9.53 Å². The molecular formula is C16H8Br3NO2S2. The van der Waals surface area contributed by atoms with E-state index in [4.69, 9.17) is 17.0 Å². The monoisotopic (exact) mass is 547 g/mol. The molecule has 1 fully saturated rings. The van der Waals surface area contributed by atoms with E-state index in [1.165, 1.54) is 11.8 Å². The van der Waals surface area contributed by atoms with Crippen LogP contribution >= 0.6 is 71.8 Å². The number of benzene rings is 2. The van der Waals surface area contributed by atoms with Gasteiger partial charge in [0.25, 0.3) is 5.91 Å². The van der Waals surface area contributed by atoms with Crippen molar-refractivity contribution in [2.75, 3.05) is 0 Å². The lowest BCUT2D eigenvalue weighted by molar-refractivity contribution is -0.115. The van der Waals surface area contributed by atoms with Gasteiger partial charge in [-0.05, 0) is 58.4 Å². The molecule has 24 heavy (non-hydrogen) atoms. The van der Waals surface area contributed by atoms with Gasteiger partial charge in [0.2, 0.25) is 0 Å². The number of ether oxygens (including phenoxy) is 1. The molecule has 0 spiro atoms. The quantitative estimate of drug-likeness (QED) is 0.362. The molecule has 0 aromatic heterocycles. The summed E-state index contributed by atoms with van der Waals surface area (Å²) in [6, 6.07) is 11.3. The fourth-order valence-corrected chi connectivity index (χ4v) is 4.51. The number of rotatable bonds is 3. The fourth-order valence-electron chi connectivity index (χ4n) is 1.96. The van der Waals surface area contributed by atoms with Crippen molar-refractivity contribution in [1.82, 2.24) is 5.32 Å². The van der Waals surface area contributed by atoms with Crippen LogP contribution in [0.4, 0.5) is 0 Å². The van der Waals surface area contributed by atoms with Crippen LogP contribution in [-0.4, -0.2) is 10.2 Å². The maximum atomic E-state index is 11.9. The minimum atomic E-state index is -0.194. The standard InChI is InChI=1S/C16H8Br3NO2S2/c17-9-1-3-12(22-13-4-2-10(18)7-11(13)19)8(5-9)6-14-15(21)20-16(23)24-14/h1-7H,(H,20,21,23). The Labute approximate surface area is 173 Å². The molecule has 3 rings (SSSR count). The number of carbonyl (C=O) groups excluding carboxylic acids is 1. The highest BCUT2D eigenvalue weighted by molar-refractivity contribution is 9.11. The lowest BCUT2D eigenvalue weighted by atomic mass is 10.2. The molecule has 0 saturated carbocycles. The fraction of sp³-hybridized carbons (Fsp3) is 0. The van der Waals surface area contributed by atoms with E-state index < -0.39 is 0 Å². The van der Waals surface area contributed by atoms with Crippen LogP contribution in [0.3, 0.4) is 0 Å². The van der Waals surface area contributed by atoms with E-state index in [0.717, 1.165) is 19.0 Å². The number of hydrogen-bond acceptors (Lipinski definition) is 4. The second-order valence-corrected chi connectivity index (χ2v) is 9.12. The topological polar surface area (TPSA) is 38.3 Å². The van der Waals surface area contributed by atoms with Crippen molar-refractivity contribution in [2.24, 2.45) is 0 Å². The smallest absolute Gasteiger partial charge is 0.263 e. The van der Waals surface area contributed by atoms with E-state index in [1.54, 1.807) is 6.08 Å². The molecule has 1 saturated heterocycles. The molecule has 2 aromatic rings. The third-order valence-corrected chi connectivity index (χ3v) is 5.78. The molecule has 1 heterocycles. The van der Waals surface area contributed by atoms with Crippen molar-refractivity contribution >= 4 is 88.1 Å². The molecule has 0 aliphatic carbocycles. The zero-order valence-corrected chi connectivity index (χ0v) is 18.2. The Bertz CT molecular complexity index is 884. The van der Waals surface area contributed by atoms with E-state index in [9.17, 15) is 4.79 Å². The van der Waals surface area contributed by atoms with Crippen molar-refractivity contribution in [3.63, 3.8) is 0 Å². The molecule has 0 atom stereocenters. The van der Waals surface area contributed by atoms with Gasteiger partial charge in [-0.25, -0.2) is 0 Å². The minimum Gasteiger partial charge on any atom is -0.456 e. The van der Waals surface area contributed by atoms with Gasteiger partial charge in [-0.1, -0.05) is 55.8 Å². The Morgan fingerprint density at radius 3 is 2.33 bits per heavy atom. The first-order valence-electron chi connectivity index (χ1n) is 6.60. The number of carbonyl (C=O) groups is 1. The number of thiocarbonyl (C=S) groups is 1. The predicted octanol–water partition coefficient (Wildman–Crippen LogP) is 6.26. The summed E-state index contributed by atoms with van der Waals surface area (Å²) in [5.41, 5.74) is 0.779. The second-order valence-electron chi connectivity index (χ2n) is 4.71. The van der Waals surface area contributed by atoms with Crippen LogP contribution in [-0.2, 0) is 4.79 Å². The first-order chi connectivity index (χ1) is 11.4. The van der Waals surface area contributed by atoms with E-state index in [-0.39, 0.29) is 5.91 Å². The Morgan fingerprint density at radius 2 is 1.71 bits per heavy atom. The molecule has 1 amide bonds. The van der Waals surface area contributed by atoms with Gasteiger partial charge in [-0.2, -0.15) is 0 Å². The molecular weight excluding hydrogens is 542 g/mol. The summed E-state index contributed by atoms with van der Waals surface area (Å²) in [5.74, 6) is 1.12. The summed E-state index contributed by atoms with van der Waals surface area (Å²) in [7, 11) is 0. The number of amides is 1. The molecule has 1 N–H and O–H groups in total. The van der Waals surface area contributed by atoms with Crippen LogP contribution in [0.15, 0.2) is 54.7 Å². The van der Waals surface area contributed by atoms with Gasteiger partial charge < -0.3 is 10.1 Å². The van der Waals surface area contributed by atoms with Crippen molar-refractivity contribution in [3.8, 4) is 11.5 Å².